The van der Waals surface area contributed by atoms with E-state index in [1.807, 2.05) is 60.2 Å². The van der Waals surface area contributed by atoms with Crippen molar-refractivity contribution in [2.75, 3.05) is 0 Å². The van der Waals surface area contributed by atoms with E-state index in [9.17, 15) is 4.79 Å². The molecule has 7 nitrogen and oxygen atoms in total. The third-order valence-corrected chi connectivity index (χ3v) is 4.04. The Bertz CT molecular complexity index is 994. The molecule has 0 bridgehead atoms. The lowest BCUT2D eigenvalue weighted by molar-refractivity contribution is 0.0942. The van der Waals surface area contributed by atoms with Gasteiger partial charge in [-0.1, -0.05) is 23.4 Å². The summed E-state index contributed by atoms with van der Waals surface area (Å²) < 4.78 is 7.26. The van der Waals surface area contributed by atoms with Crippen LogP contribution in [-0.2, 0) is 13.1 Å². The highest BCUT2D eigenvalue weighted by atomic mass is 16.5. The lowest BCUT2D eigenvalue weighted by Crippen LogP contribution is -2.23. The molecule has 4 rings (SSSR count). The van der Waals surface area contributed by atoms with Crippen LogP contribution in [0.15, 0.2) is 53.2 Å². The SMILES string of the molecule is CCn1cccc1-c1noc(CNC(=O)c2cc3ccccc3[nH]2)n1. The Hall–Kier alpha value is -3.35. The summed E-state index contributed by atoms with van der Waals surface area (Å²) in [5.41, 5.74) is 2.31. The lowest BCUT2D eigenvalue weighted by atomic mass is 10.2. The van der Waals surface area contributed by atoms with E-state index in [2.05, 4.69) is 20.4 Å². The molecule has 0 spiro atoms. The summed E-state index contributed by atoms with van der Waals surface area (Å²) in [6.07, 6.45) is 1.96. The van der Waals surface area contributed by atoms with Crippen LogP contribution < -0.4 is 5.32 Å². The van der Waals surface area contributed by atoms with Crippen LogP contribution in [0.3, 0.4) is 0 Å². The number of para-hydroxylation sites is 1. The molecule has 0 fully saturated rings. The van der Waals surface area contributed by atoms with Gasteiger partial charge in [0.05, 0.1) is 12.2 Å². The Morgan fingerprint density at radius 3 is 3.00 bits per heavy atom. The minimum absolute atomic E-state index is 0.175. The number of carbonyl (C=O) groups excluding carboxylic acids is 1. The summed E-state index contributed by atoms with van der Waals surface area (Å²) in [6, 6.07) is 13.4. The predicted molar refractivity (Wildman–Crippen MR) is 92.9 cm³/mol. The fourth-order valence-electron chi connectivity index (χ4n) is 2.77. The summed E-state index contributed by atoms with van der Waals surface area (Å²) in [4.78, 5) is 19.7. The van der Waals surface area contributed by atoms with Gasteiger partial charge in [-0.2, -0.15) is 4.98 Å². The summed E-state index contributed by atoms with van der Waals surface area (Å²) in [7, 11) is 0. The van der Waals surface area contributed by atoms with Crippen molar-refractivity contribution in [3.8, 4) is 11.5 Å². The third kappa shape index (κ3) is 2.91. The largest absolute Gasteiger partial charge is 0.351 e. The Kier molecular flexibility index (Phi) is 3.81. The summed E-state index contributed by atoms with van der Waals surface area (Å²) in [5, 5.41) is 7.77. The first kappa shape index (κ1) is 15.2. The summed E-state index contributed by atoms with van der Waals surface area (Å²) in [5.74, 6) is 0.665. The molecule has 0 atom stereocenters. The molecular formula is C18H17N5O2. The molecular weight excluding hydrogens is 318 g/mol. The van der Waals surface area contributed by atoms with E-state index < -0.39 is 0 Å². The zero-order valence-corrected chi connectivity index (χ0v) is 13.7. The number of H-pyrrole nitrogens is 1. The molecule has 126 valence electrons. The van der Waals surface area contributed by atoms with Gasteiger partial charge in [-0.25, -0.2) is 0 Å². The highest BCUT2D eigenvalue weighted by Gasteiger charge is 2.14. The number of nitrogens with zero attached hydrogens (tertiary/aromatic N) is 3. The van der Waals surface area contributed by atoms with Crippen LogP contribution in [0.1, 0.15) is 23.3 Å². The summed E-state index contributed by atoms with van der Waals surface area (Å²) in [6.45, 7) is 3.04. The Balaban J connectivity index is 1.45. The molecule has 0 radical (unpaired) electrons. The van der Waals surface area contributed by atoms with Crippen molar-refractivity contribution in [1.82, 2.24) is 25.0 Å². The molecule has 0 aliphatic heterocycles. The first-order valence-electron chi connectivity index (χ1n) is 8.08. The van der Waals surface area contributed by atoms with Gasteiger partial charge in [0.2, 0.25) is 11.7 Å². The van der Waals surface area contributed by atoms with Crippen molar-refractivity contribution in [2.45, 2.75) is 20.0 Å². The monoisotopic (exact) mass is 335 g/mol. The Morgan fingerprint density at radius 2 is 2.16 bits per heavy atom. The molecule has 3 heterocycles. The van der Waals surface area contributed by atoms with Gasteiger partial charge in [0, 0.05) is 23.6 Å². The van der Waals surface area contributed by atoms with E-state index in [-0.39, 0.29) is 12.5 Å². The molecule has 0 unspecified atom stereocenters. The number of amides is 1. The molecule has 0 saturated heterocycles. The fraction of sp³-hybridized carbons (Fsp3) is 0.167. The second kappa shape index (κ2) is 6.27. The molecule has 0 saturated carbocycles. The predicted octanol–water partition coefficient (Wildman–Crippen LogP) is 2.97. The van der Waals surface area contributed by atoms with Crippen molar-refractivity contribution in [2.24, 2.45) is 0 Å². The van der Waals surface area contributed by atoms with Crippen molar-refractivity contribution in [1.29, 1.82) is 0 Å². The number of benzene rings is 1. The number of fused-ring (bicyclic) bond motifs is 1. The van der Waals surface area contributed by atoms with Gasteiger partial charge in [-0.3, -0.25) is 4.79 Å². The fourth-order valence-corrected chi connectivity index (χ4v) is 2.77. The first-order valence-corrected chi connectivity index (χ1v) is 8.08. The number of rotatable bonds is 5. The number of aromatic amines is 1. The Labute approximate surface area is 143 Å². The number of hydrogen-bond acceptors (Lipinski definition) is 4. The molecule has 7 heteroatoms. The van der Waals surface area contributed by atoms with Crippen molar-refractivity contribution >= 4 is 16.8 Å². The smallest absolute Gasteiger partial charge is 0.268 e. The van der Waals surface area contributed by atoms with Crippen LogP contribution >= 0.6 is 0 Å². The normalized spacial score (nSPS) is 11.1. The molecule has 2 N–H and O–H groups in total. The van der Waals surface area contributed by atoms with Crippen LogP contribution in [0.25, 0.3) is 22.4 Å². The van der Waals surface area contributed by atoms with Crippen LogP contribution in [0, 0.1) is 0 Å². The van der Waals surface area contributed by atoms with E-state index in [0.29, 0.717) is 17.4 Å². The van der Waals surface area contributed by atoms with E-state index in [4.69, 9.17) is 4.52 Å². The number of aromatic nitrogens is 4. The van der Waals surface area contributed by atoms with Crippen molar-refractivity contribution in [3.63, 3.8) is 0 Å². The van der Waals surface area contributed by atoms with Gasteiger partial charge in [0.1, 0.15) is 5.69 Å². The van der Waals surface area contributed by atoms with Gasteiger partial charge in [-0.05, 0) is 31.2 Å². The van der Waals surface area contributed by atoms with Crippen LogP contribution in [0.2, 0.25) is 0 Å². The standard InChI is InChI=1S/C18H17N5O2/c1-2-23-9-5-8-15(23)17-21-16(25-22-17)11-19-18(24)14-10-12-6-3-4-7-13(12)20-14/h3-10,20H,2,11H2,1H3,(H,19,24). The van der Waals surface area contributed by atoms with Crippen LogP contribution in [0.5, 0.6) is 0 Å². The highest BCUT2D eigenvalue weighted by Crippen LogP contribution is 2.17. The lowest BCUT2D eigenvalue weighted by Gasteiger charge is -2.00. The minimum Gasteiger partial charge on any atom is -0.351 e. The number of hydrogen-bond donors (Lipinski definition) is 2. The highest BCUT2D eigenvalue weighted by molar-refractivity contribution is 5.97. The van der Waals surface area contributed by atoms with Gasteiger partial charge in [-0.15, -0.1) is 0 Å². The third-order valence-electron chi connectivity index (χ3n) is 4.04. The zero-order valence-electron chi connectivity index (χ0n) is 13.7. The van der Waals surface area contributed by atoms with E-state index in [1.165, 1.54) is 0 Å². The van der Waals surface area contributed by atoms with E-state index in [0.717, 1.165) is 23.1 Å². The quantitative estimate of drug-likeness (QED) is 0.587. The minimum atomic E-state index is -0.215. The number of nitrogens with one attached hydrogen (secondary N) is 2. The van der Waals surface area contributed by atoms with Crippen molar-refractivity contribution < 1.29 is 9.32 Å². The molecule has 0 aliphatic rings. The maximum atomic E-state index is 12.3. The average molecular weight is 335 g/mol. The first-order chi connectivity index (χ1) is 12.2. The number of aryl methyl sites for hydroxylation is 1. The molecule has 25 heavy (non-hydrogen) atoms. The zero-order chi connectivity index (χ0) is 17.2. The molecule has 0 aliphatic carbocycles. The Morgan fingerprint density at radius 1 is 1.28 bits per heavy atom. The topological polar surface area (TPSA) is 88.7 Å². The van der Waals surface area contributed by atoms with Crippen LogP contribution in [-0.4, -0.2) is 25.6 Å². The molecule has 3 aromatic heterocycles. The number of carbonyl (C=O) groups is 1. The van der Waals surface area contributed by atoms with Gasteiger partial charge in [0.25, 0.3) is 5.91 Å². The molecule has 1 amide bonds. The van der Waals surface area contributed by atoms with Crippen LogP contribution in [0.4, 0.5) is 0 Å². The van der Waals surface area contributed by atoms with Gasteiger partial charge < -0.3 is 19.4 Å². The van der Waals surface area contributed by atoms with E-state index in [1.54, 1.807) is 0 Å². The summed E-state index contributed by atoms with van der Waals surface area (Å²) >= 11 is 0. The van der Waals surface area contributed by atoms with Gasteiger partial charge >= 0.3 is 0 Å². The second-order valence-electron chi connectivity index (χ2n) is 5.64. The van der Waals surface area contributed by atoms with Gasteiger partial charge in [0.15, 0.2) is 0 Å². The van der Waals surface area contributed by atoms with E-state index >= 15 is 0 Å². The maximum Gasteiger partial charge on any atom is 0.268 e. The second-order valence-corrected chi connectivity index (χ2v) is 5.64. The molecule has 4 aromatic rings. The molecule has 1 aromatic carbocycles. The average Bonchev–Trinajstić information content (AvgIpc) is 3.37. The maximum absolute atomic E-state index is 12.3. The van der Waals surface area contributed by atoms with Crippen molar-refractivity contribution in [3.05, 3.63) is 60.2 Å².